The Kier molecular flexibility index (Phi) is 4.07. The molecule has 22 heavy (non-hydrogen) atoms. The second kappa shape index (κ2) is 5.80. The zero-order valence-corrected chi connectivity index (χ0v) is 11.8. The summed E-state index contributed by atoms with van der Waals surface area (Å²) in [5, 5.41) is 24.6. The van der Waals surface area contributed by atoms with Crippen molar-refractivity contribution in [1.82, 2.24) is 0 Å². The standard InChI is InChI=1S/C13H9N3O5S/c14-8-9-1-6-12(13(7-9)16(17)18)10-2-4-11(5-3-10)21-22(15,19)20/h1-7H,(H2,15,19,20). The van der Waals surface area contributed by atoms with Crippen molar-refractivity contribution in [3.05, 3.63) is 58.1 Å². The molecule has 2 aromatic rings. The van der Waals surface area contributed by atoms with Crippen LogP contribution in [0.15, 0.2) is 42.5 Å². The first-order valence-corrected chi connectivity index (χ1v) is 7.28. The van der Waals surface area contributed by atoms with Crippen molar-refractivity contribution in [3.8, 4) is 22.9 Å². The van der Waals surface area contributed by atoms with Crippen molar-refractivity contribution >= 4 is 16.0 Å². The molecule has 2 rings (SSSR count). The highest BCUT2D eigenvalue weighted by molar-refractivity contribution is 7.84. The van der Waals surface area contributed by atoms with Gasteiger partial charge < -0.3 is 4.18 Å². The molecule has 2 aromatic carbocycles. The van der Waals surface area contributed by atoms with Gasteiger partial charge in [0.2, 0.25) is 0 Å². The quantitative estimate of drug-likeness (QED) is 0.673. The maximum Gasteiger partial charge on any atom is 0.380 e. The second-order valence-corrected chi connectivity index (χ2v) is 5.35. The lowest BCUT2D eigenvalue weighted by Gasteiger charge is -2.06. The first-order chi connectivity index (χ1) is 10.3. The van der Waals surface area contributed by atoms with E-state index >= 15 is 0 Å². The lowest BCUT2D eigenvalue weighted by Crippen LogP contribution is -2.18. The molecule has 0 aliphatic heterocycles. The molecule has 8 nitrogen and oxygen atoms in total. The lowest BCUT2D eigenvalue weighted by atomic mass is 10.0. The van der Waals surface area contributed by atoms with E-state index in [9.17, 15) is 18.5 Å². The Morgan fingerprint density at radius 3 is 2.32 bits per heavy atom. The maximum absolute atomic E-state index is 11.1. The summed E-state index contributed by atoms with van der Waals surface area (Å²) in [6.07, 6.45) is 0. The fourth-order valence-electron chi connectivity index (χ4n) is 1.82. The molecule has 0 aliphatic carbocycles. The van der Waals surface area contributed by atoms with Crippen LogP contribution in [0, 0.1) is 21.4 Å². The minimum atomic E-state index is -4.13. The van der Waals surface area contributed by atoms with Crippen LogP contribution in [0.5, 0.6) is 5.75 Å². The van der Waals surface area contributed by atoms with Crippen molar-refractivity contribution in [2.75, 3.05) is 0 Å². The van der Waals surface area contributed by atoms with Crippen LogP contribution < -0.4 is 9.32 Å². The zero-order chi connectivity index (χ0) is 16.3. The summed E-state index contributed by atoms with van der Waals surface area (Å²) >= 11 is 0. The smallest absolute Gasteiger partial charge is 0.371 e. The Morgan fingerprint density at radius 2 is 1.82 bits per heavy atom. The van der Waals surface area contributed by atoms with Crippen molar-refractivity contribution < 1.29 is 17.5 Å². The minimum absolute atomic E-state index is 0.0115. The van der Waals surface area contributed by atoms with E-state index in [1.807, 2.05) is 6.07 Å². The van der Waals surface area contributed by atoms with Gasteiger partial charge in [0, 0.05) is 6.07 Å². The van der Waals surface area contributed by atoms with E-state index in [2.05, 4.69) is 4.18 Å². The van der Waals surface area contributed by atoms with Crippen molar-refractivity contribution in [1.29, 1.82) is 5.26 Å². The van der Waals surface area contributed by atoms with Crippen molar-refractivity contribution in [2.45, 2.75) is 0 Å². The highest BCUT2D eigenvalue weighted by Crippen LogP contribution is 2.31. The summed E-state index contributed by atoms with van der Waals surface area (Å²) in [6.45, 7) is 0. The minimum Gasteiger partial charge on any atom is -0.371 e. The molecule has 0 aliphatic rings. The third-order valence-electron chi connectivity index (χ3n) is 2.70. The molecule has 0 aromatic heterocycles. The number of benzene rings is 2. The topological polar surface area (TPSA) is 136 Å². The van der Waals surface area contributed by atoms with Gasteiger partial charge in [-0.2, -0.15) is 18.8 Å². The number of nitro benzene ring substituents is 1. The summed E-state index contributed by atoms with van der Waals surface area (Å²) in [5.41, 5.74) is 0.716. The molecule has 0 heterocycles. The summed E-state index contributed by atoms with van der Waals surface area (Å²) < 4.78 is 26.1. The Morgan fingerprint density at radius 1 is 1.18 bits per heavy atom. The van der Waals surface area contributed by atoms with Gasteiger partial charge in [0.05, 0.1) is 22.1 Å². The predicted octanol–water partition coefficient (Wildman–Crippen LogP) is 1.72. The van der Waals surface area contributed by atoms with Crippen LogP contribution in [-0.4, -0.2) is 13.3 Å². The molecule has 9 heteroatoms. The molecule has 0 saturated carbocycles. The van der Waals surface area contributed by atoms with Gasteiger partial charge in [-0.05, 0) is 29.8 Å². The lowest BCUT2D eigenvalue weighted by molar-refractivity contribution is -0.384. The SMILES string of the molecule is N#Cc1ccc(-c2ccc(OS(N)(=O)=O)cc2)c([N+](=O)[O-])c1. The number of nitrogens with zero attached hydrogens (tertiary/aromatic N) is 2. The van der Waals surface area contributed by atoms with Crippen molar-refractivity contribution in [3.63, 3.8) is 0 Å². The van der Waals surface area contributed by atoms with Crippen LogP contribution in [0.4, 0.5) is 5.69 Å². The molecule has 0 bridgehead atoms. The molecule has 112 valence electrons. The number of nitriles is 1. The summed E-state index contributed by atoms with van der Waals surface area (Å²) in [4.78, 5) is 10.5. The van der Waals surface area contributed by atoms with E-state index in [-0.39, 0.29) is 17.0 Å². The van der Waals surface area contributed by atoms with Gasteiger partial charge in [-0.15, -0.1) is 0 Å². The van der Waals surface area contributed by atoms with E-state index in [1.165, 1.54) is 42.5 Å². The van der Waals surface area contributed by atoms with Gasteiger partial charge in [-0.3, -0.25) is 10.1 Å². The van der Waals surface area contributed by atoms with Crippen LogP contribution in [0.2, 0.25) is 0 Å². The van der Waals surface area contributed by atoms with Crippen molar-refractivity contribution in [2.24, 2.45) is 5.14 Å². The summed E-state index contributed by atoms with van der Waals surface area (Å²) in [5.74, 6) is -0.0115. The summed E-state index contributed by atoms with van der Waals surface area (Å²) in [6, 6.07) is 11.5. The average molecular weight is 319 g/mol. The van der Waals surface area contributed by atoms with E-state index < -0.39 is 15.2 Å². The van der Waals surface area contributed by atoms with Crippen LogP contribution in [0.25, 0.3) is 11.1 Å². The predicted molar refractivity (Wildman–Crippen MR) is 77.0 cm³/mol. The largest absolute Gasteiger partial charge is 0.380 e. The molecular formula is C13H9N3O5S. The molecule has 2 N–H and O–H groups in total. The number of rotatable bonds is 4. The Hall–Kier alpha value is -2.96. The van der Waals surface area contributed by atoms with Crippen LogP contribution in [0.3, 0.4) is 0 Å². The van der Waals surface area contributed by atoms with Gasteiger partial charge in [0.15, 0.2) is 0 Å². The molecule has 0 fully saturated rings. The van der Waals surface area contributed by atoms with Crippen LogP contribution in [0.1, 0.15) is 5.56 Å². The molecular weight excluding hydrogens is 310 g/mol. The first-order valence-electron chi connectivity index (χ1n) is 5.81. The third-order valence-corrected chi connectivity index (χ3v) is 3.13. The van der Waals surface area contributed by atoms with Crippen LogP contribution in [-0.2, 0) is 10.3 Å². The van der Waals surface area contributed by atoms with E-state index in [1.54, 1.807) is 0 Å². The van der Waals surface area contributed by atoms with E-state index in [0.717, 1.165) is 0 Å². The number of nitro groups is 1. The normalized spacial score (nSPS) is 10.7. The van der Waals surface area contributed by atoms with Gasteiger partial charge in [-0.1, -0.05) is 12.1 Å². The van der Waals surface area contributed by atoms with Gasteiger partial charge >= 0.3 is 10.3 Å². The summed E-state index contributed by atoms with van der Waals surface area (Å²) in [7, 11) is -4.13. The Bertz CT molecular complexity index is 870. The molecule has 0 amide bonds. The fourth-order valence-corrected chi connectivity index (χ4v) is 2.20. The van der Waals surface area contributed by atoms with Gasteiger partial charge in [0.25, 0.3) is 5.69 Å². The average Bonchev–Trinajstić information content (AvgIpc) is 2.45. The number of hydrogen-bond acceptors (Lipinski definition) is 6. The number of hydrogen-bond donors (Lipinski definition) is 1. The molecule has 0 spiro atoms. The Labute approximate surface area is 125 Å². The molecule has 0 saturated heterocycles. The van der Waals surface area contributed by atoms with Gasteiger partial charge in [-0.25, -0.2) is 0 Å². The molecule has 0 unspecified atom stereocenters. The third kappa shape index (κ3) is 3.57. The van der Waals surface area contributed by atoms with Crippen LogP contribution >= 0.6 is 0 Å². The maximum atomic E-state index is 11.1. The molecule has 0 atom stereocenters. The highest BCUT2D eigenvalue weighted by atomic mass is 32.2. The number of nitrogens with two attached hydrogens (primary N) is 1. The zero-order valence-electron chi connectivity index (χ0n) is 11.0. The molecule has 0 radical (unpaired) electrons. The van der Waals surface area contributed by atoms with E-state index in [0.29, 0.717) is 11.1 Å². The fraction of sp³-hybridized carbons (Fsp3) is 0. The first kappa shape index (κ1) is 15.4. The Balaban J connectivity index is 2.44. The second-order valence-electron chi connectivity index (χ2n) is 4.20. The highest BCUT2D eigenvalue weighted by Gasteiger charge is 2.16. The monoisotopic (exact) mass is 319 g/mol. The van der Waals surface area contributed by atoms with E-state index in [4.69, 9.17) is 10.4 Å². The van der Waals surface area contributed by atoms with Gasteiger partial charge in [0.1, 0.15) is 5.75 Å².